The van der Waals surface area contributed by atoms with Gasteiger partial charge in [0.05, 0.1) is 48.6 Å². The molecule has 3 aromatic rings. The fourth-order valence-corrected chi connectivity index (χ4v) is 4.54. The Morgan fingerprint density at radius 2 is 1.71 bits per heavy atom. The molecule has 1 aliphatic heterocycles. The number of hydrogen-bond acceptors (Lipinski definition) is 7. The summed E-state index contributed by atoms with van der Waals surface area (Å²) in [4.78, 5) is 28.2. The highest BCUT2D eigenvalue weighted by atomic mass is 35.5. The van der Waals surface area contributed by atoms with E-state index in [4.69, 9.17) is 25.8 Å². The molecular weight excluding hydrogens is 508 g/mol. The summed E-state index contributed by atoms with van der Waals surface area (Å²) in [5.74, 6) is -0.840. The lowest BCUT2D eigenvalue weighted by atomic mass is 9.94. The molecule has 8 nitrogen and oxygen atoms in total. The Labute approximate surface area is 225 Å². The number of nitriles is 1. The van der Waals surface area contributed by atoms with Crippen molar-refractivity contribution in [1.29, 1.82) is 5.26 Å². The van der Waals surface area contributed by atoms with Crippen molar-refractivity contribution in [3.05, 3.63) is 87.9 Å². The summed E-state index contributed by atoms with van der Waals surface area (Å²) >= 11 is 6.41. The number of ether oxygens (including phenoxy) is 3. The smallest absolute Gasteiger partial charge is 0.300 e. The first-order chi connectivity index (χ1) is 18.3. The lowest BCUT2D eigenvalue weighted by Gasteiger charge is -2.26. The molecule has 3 aromatic carbocycles. The van der Waals surface area contributed by atoms with E-state index in [0.717, 1.165) is 0 Å². The molecule has 0 aliphatic carbocycles. The maximum absolute atomic E-state index is 13.5. The van der Waals surface area contributed by atoms with Crippen molar-refractivity contribution in [3.63, 3.8) is 0 Å². The topological polar surface area (TPSA) is 109 Å². The lowest BCUT2D eigenvalue weighted by molar-refractivity contribution is -0.132. The zero-order valence-corrected chi connectivity index (χ0v) is 21.8. The van der Waals surface area contributed by atoms with Crippen LogP contribution in [0.1, 0.15) is 36.6 Å². The molecule has 0 radical (unpaired) electrons. The first-order valence-corrected chi connectivity index (χ1v) is 12.3. The SMILES string of the molecule is CCOc1ccc(Cl)c(/C(O)=C2\C(=O)C(=O)N(c3ccc(C#N)cc3)C2c2ccc(OC)c(OCC)c2)c1. The Balaban J connectivity index is 1.97. The first-order valence-electron chi connectivity index (χ1n) is 11.9. The number of aliphatic hydroxyl groups excluding tert-OH is 1. The number of nitrogens with zero attached hydrogens (tertiary/aromatic N) is 2. The van der Waals surface area contributed by atoms with Crippen LogP contribution in [0.5, 0.6) is 17.2 Å². The highest BCUT2D eigenvalue weighted by Crippen LogP contribution is 2.45. The quantitative estimate of drug-likeness (QED) is 0.227. The van der Waals surface area contributed by atoms with Crippen LogP contribution in [0.4, 0.5) is 5.69 Å². The second kappa shape index (κ2) is 11.3. The molecule has 9 heteroatoms. The summed E-state index contributed by atoms with van der Waals surface area (Å²) < 4.78 is 16.7. The standard InChI is InChI=1S/C29H25ClN2O6/c1-4-37-20-11-12-22(30)21(15-20)27(33)25-26(18-8-13-23(36-3)24(14-18)38-5-2)32(29(35)28(25)34)19-9-6-17(16-31)7-10-19/h6-15,26,33H,4-5H2,1-3H3/b27-25+. The highest BCUT2D eigenvalue weighted by molar-refractivity contribution is 6.52. The van der Waals surface area contributed by atoms with Crippen LogP contribution in [0.2, 0.25) is 5.02 Å². The zero-order chi connectivity index (χ0) is 27.4. The molecule has 1 heterocycles. The van der Waals surface area contributed by atoms with Gasteiger partial charge in [0.15, 0.2) is 11.5 Å². The first kappa shape index (κ1) is 26.6. The molecule has 0 aromatic heterocycles. The molecule has 194 valence electrons. The van der Waals surface area contributed by atoms with E-state index in [0.29, 0.717) is 47.3 Å². The maximum atomic E-state index is 13.5. The highest BCUT2D eigenvalue weighted by Gasteiger charge is 2.47. The molecular formula is C29H25ClN2O6. The van der Waals surface area contributed by atoms with Crippen molar-refractivity contribution >= 4 is 34.7 Å². The van der Waals surface area contributed by atoms with Gasteiger partial charge in [0.1, 0.15) is 11.5 Å². The predicted octanol–water partition coefficient (Wildman–Crippen LogP) is 5.64. The normalized spacial score (nSPS) is 16.3. The maximum Gasteiger partial charge on any atom is 0.300 e. The molecule has 1 saturated heterocycles. The van der Waals surface area contributed by atoms with Gasteiger partial charge in [-0.25, -0.2) is 0 Å². The van der Waals surface area contributed by atoms with E-state index in [1.54, 1.807) is 54.6 Å². The van der Waals surface area contributed by atoms with Crippen LogP contribution in [0.15, 0.2) is 66.2 Å². The van der Waals surface area contributed by atoms with Crippen LogP contribution in [0, 0.1) is 11.3 Å². The third-order valence-electron chi connectivity index (χ3n) is 6.03. The number of carbonyl (C=O) groups is 2. The van der Waals surface area contributed by atoms with Gasteiger partial charge in [0.25, 0.3) is 11.7 Å². The fourth-order valence-electron chi connectivity index (χ4n) is 4.33. The van der Waals surface area contributed by atoms with Crippen LogP contribution >= 0.6 is 11.6 Å². The molecule has 1 aliphatic rings. The Kier molecular flexibility index (Phi) is 7.89. The molecule has 1 amide bonds. The summed E-state index contributed by atoms with van der Waals surface area (Å²) in [6.45, 7) is 4.38. The second-order valence-corrected chi connectivity index (χ2v) is 8.65. The Morgan fingerprint density at radius 3 is 2.34 bits per heavy atom. The second-order valence-electron chi connectivity index (χ2n) is 8.25. The largest absolute Gasteiger partial charge is 0.507 e. The number of Topliss-reactive ketones (excluding diaryl/α,β-unsaturated/α-hetero) is 1. The number of carbonyl (C=O) groups excluding carboxylic acids is 2. The number of ketones is 1. The Morgan fingerprint density at radius 1 is 1.00 bits per heavy atom. The van der Waals surface area contributed by atoms with Gasteiger partial charge in [-0.05, 0) is 74.0 Å². The van der Waals surface area contributed by atoms with Gasteiger partial charge in [-0.3, -0.25) is 14.5 Å². The van der Waals surface area contributed by atoms with Crippen LogP contribution in [0.3, 0.4) is 0 Å². The Bertz CT molecular complexity index is 1460. The monoisotopic (exact) mass is 532 g/mol. The van der Waals surface area contributed by atoms with E-state index in [9.17, 15) is 20.0 Å². The number of aliphatic hydroxyl groups is 1. The van der Waals surface area contributed by atoms with E-state index in [1.165, 1.54) is 18.1 Å². The van der Waals surface area contributed by atoms with Crippen molar-refractivity contribution in [2.45, 2.75) is 19.9 Å². The van der Waals surface area contributed by atoms with Crippen LogP contribution in [0.25, 0.3) is 5.76 Å². The number of hydrogen-bond donors (Lipinski definition) is 1. The van der Waals surface area contributed by atoms with Crippen molar-refractivity contribution in [1.82, 2.24) is 0 Å². The average Bonchev–Trinajstić information content (AvgIpc) is 3.19. The number of methoxy groups -OCH3 is 1. The van der Waals surface area contributed by atoms with Gasteiger partial charge in [0, 0.05) is 11.3 Å². The van der Waals surface area contributed by atoms with Gasteiger partial charge >= 0.3 is 0 Å². The fraction of sp³-hybridized carbons (Fsp3) is 0.207. The van der Waals surface area contributed by atoms with E-state index >= 15 is 0 Å². The number of anilines is 1. The number of benzene rings is 3. The van der Waals surface area contributed by atoms with Crippen molar-refractivity contribution < 1.29 is 28.9 Å². The molecule has 1 atom stereocenters. The molecule has 1 fully saturated rings. The summed E-state index contributed by atoms with van der Waals surface area (Å²) in [6.07, 6.45) is 0. The summed E-state index contributed by atoms with van der Waals surface area (Å²) in [5, 5.41) is 20.9. The number of halogens is 1. The van der Waals surface area contributed by atoms with Gasteiger partial charge in [-0.15, -0.1) is 0 Å². The minimum atomic E-state index is -1.03. The minimum absolute atomic E-state index is 0.150. The van der Waals surface area contributed by atoms with E-state index in [2.05, 4.69) is 0 Å². The van der Waals surface area contributed by atoms with Gasteiger partial charge in [0.2, 0.25) is 0 Å². The number of amides is 1. The van der Waals surface area contributed by atoms with E-state index < -0.39 is 23.5 Å². The van der Waals surface area contributed by atoms with Crippen LogP contribution in [-0.4, -0.2) is 37.1 Å². The predicted molar refractivity (Wildman–Crippen MR) is 143 cm³/mol. The summed E-state index contributed by atoms with van der Waals surface area (Å²) in [6, 6.07) is 17.0. The van der Waals surface area contributed by atoms with Crippen LogP contribution < -0.4 is 19.1 Å². The molecule has 38 heavy (non-hydrogen) atoms. The van der Waals surface area contributed by atoms with Crippen molar-refractivity contribution in [2.24, 2.45) is 0 Å². The van der Waals surface area contributed by atoms with Gasteiger partial charge < -0.3 is 19.3 Å². The Hall–Kier alpha value is -4.48. The lowest BCUT2D eigenvalue weighted by Crippen LogP contribution is -2.29. The average molecular weight is 533 g/mol. The molecule has 0 saturated carbocycles. The third kappa shape index (κ3) is 4.89. The molecule has 1 N–H and O–H groups in total. The van der Waals surface area contributed by atoms with E-state index in [-0.39, 0.29) is 16.2 Å². The van der Waals surface area contributed by atoms with Gasteiger partial charge in [-0.1, -0.05) is 17.7 Å². The van der Waals surface area contributed by atoms with E-state index in [1.807, 2.05) is 19.9 Å². The van der Waals surface area contributed by atoms with Crippen molar-refractivity contribution in [2.75, 3.05) is 25.2 Å². The summed E-state index contributed by atoms with van der Waals surface area (Å²) in [5.41, 5.74) is 1.26. The number of rotatable bonds is 8. The minimum Gasteiger partial charge on any atom is -0.507 e. The third-order valence-corrected chi connectivity index (χ3v) is 6.36. The summed E-state index contributed by atoms with van der Waals surface area (Å²) in [7, 11) is 1.51. The van der Waals surface area contributed by atoms with Crippen LogP contribution in [-0.2, 0) is 9.59 Å². The molecule has 0 bridgehead atoms. The zero-order valence-electron chi connectivity index (χ0n) is 21.0. The van der Waals surface area contributed by atoms with Crippen molar-refractivity contribution in [3.8, 4) is 23.3 Å². The van der Waals surface area contributed by atoms with Gasteiger partial charge in [-0.2, -0.15) is 5.26 Å². The molecule has 0 spiro atoms. The molecule has 4 rings (SSSR count). The molecule has 1 unspecified atom stereocenters.